The molecule has 2 heteroatoms. The summed E-state index contributed by atoms with van der Waals surface area (Å²) in [5.41, 5.74) is -0.490. The number of carbonyl (C=O) groups is 1. The first kappa shape index (κ1) is 8.90. The van der Waals surface area contributed by atoms with Gasteiger partial charge in [0.15, 0.2) is 0 Å². The normalized spacial score (nSPS) is 11.4. The molecule has 0 amide bonds. The summed E-state index contributed by atoms with van der Waals surface area (Å²) in [5, 5.41) is 8.16. The van der Waals surface area contributed by atoms with Crippen LogP contribution < -0.4 is 0 Å². The predicted molar refractivity (Wildman–Crippen MR) is 39.2 cm³/mol. The van der Waals surface area contributed by atoms with E-state index >= 15 is 0 Å². The second kappa shape index (κ2) is 3.17. The molecule has 10 heavy (non-hydrogen) atoms. The van der Waals surface area contributed by atoms with Gasteiger partial charge in [-0.05, 0) is 20.8 Å². The van der Waals surface area contributed by atoms with Gasteiger partial charge < -0.3 is 0 Å². The fourth-order valence-corrected chi connectivity index (χ4v) is 0.363. The van der Waals surface area contributed by atoms with E-state index in [0.717, 1.165) is 0 Å². The zero-order valence-corrected chi connectivity index (χ0v) is 6.51. The van der Waals surface area contributed by atoms with Gasteiger partial charge in [-0.3, -0.25) is 4.79 Å². The Kier molecular flexibility index (Phi) is 2.82. The highest BCUT2D eigenvalue weighted by Crippen LogP contribution is 2.17. The van der Waals surface area contributed by atoms with Crippen molar-refractivity contribution in [3.63, 3.8) is 0 Å². The third kappa shape index (κ3) is 2.45. The molecule has 0 unspecified atom stereocenters. The molecule has 0 spiro atoms. The number of carbonyl (C=O) groups excluding carboxylic acids is 1. The van der Waals surface area contributed by atoms with Crippen molar-refractivity contribution < 1.29 is 4.79 Å². The van der Waals surface area contributed by atoms with Gasteiger partial charge in [-0.1, -0.05) is 6.08 Å². The molecule has 0 aromatic rings. The molecule has 0 radical (unpaired) electrons. The number of allylic oxidation sites excluding steroid dienone is 2. The van der Waals surface area contributed by atoms with Gasteiger partial charge in [0.2, 0.25) is 0 Å². The lowest BCUT2D eigenvalue weighted by atomic mass is 9.89. The quantitative estimate of drug-likeness (QED) is 0.543. The fourth-order valence-electron chi connectivity index (χ4n) is 0.363. The second-order valence-electron chi connectivity index (χ2n) is 2.74. The molecule has 0 atom stereocenters. The van der Waals surface area contributed by atoms with Gasteiger partial charge in [0.25, 0.3) is 0 Å². The van der Waals surface area contributed by atoms with E-state index in [1.165, 1.54) is 13.0 Å². The van der Waals surface area contributed by atoms with Gasteiger partial charge in [-0.25, -0.2) is 0 Å². The van der Waals surface area contributed by atoms with Crippen molar-refractivity contribution in [3.8, 4) is 6.07 Å². The van der Waals surface area contributed by atoms with Crippen molar-refractivity contribution in [1.82, 2.24) is 0 Å². The van der Waals surface area contributed by atoms with Gasteiger partial charge in [-0.2, -0.15) is 5.26 Å². The zero-order valence-electron chi connectivity index (χ0n) is 6.51. The Morgan fingerprint density at radius 3 is 2.40 bits per heavy atom. The van der Waals surface area contributed by atoms with Crippen LogP contribution in [0.1, 0.15) is 20.8 Å². The summed E-state index contributed by atoms with van der Waals surface area (Å²) in [6, 6.07) is 1.85. The number of Topliss-reactive ketones (excluding diaryl/α,β-unsaturated/α-hetero) is 1. The van der Waals surface area contributed by atoms with Gasteiger partial charge in [-0.15, -0.1) is 0 Å². The molecule has 54 valence electrons. The van der Waals surface area contributed by atoms with E-state index < -0.39 is 5.41 Å². The van der Waals surface area contributed by atoms with E-state index in [-0.39, 0.29) is 5.78 Å². The molecule has 0 aromatic heterocycles. The highest BCUT2D eigenvalue weighted by atomic mass is 16.1. The molecule has 0 fully saturated rings. The van der Waals surface area contributed by atoms with Crippen LogP contribution in [0.15, 0.2) is 12.2 Å². The lowest BCUT2D eigenvalue weighted by molar-refractivity contribution is -0.122. The monoisotopic (exact) mass is 137 g/mol. The SMILES string of the molecule is CC(=O)C(C)(C)/C=C\C#N. The van der Waals surface area contributed by atoms with Crippen molar-refractivity contribution in [2.45, 2.75) is 20.8 Å². The maximum absolute atomic E-state index is 10.8. The third-order valence-corrected chi connectivity index (χ3v) is 1.48. The van der Waals surface area contributed by atoms with Crippen molar-refractivity contribution >= 4 is 5.78 Å². The Morgan fingerprint density at radius 1 is 1.60 bits per heavy atom. The summed E-state index contributed by atoms with van der Waals surface area (Å²) < 4.78 is 0. The molecule has 0 heterocycles. The first-order chi connectivity index (χ1) is 4.50. The standard InChI is InChI=1S/C8H11NO/c1-7(10)8(2,3)5-4-6-9/h4-5H,1-3H3/b5-4-. The third-order valence-electron chi connectivity index (χ3n) is 1.48. The van der Waals surface area contributed by atoms with Crippen molar-refractivity contribution in [2.75, 3.05) is 0 Å². The van der Waals surface area contributed by atoms with Crippen LogP contribution in [0.5, 0.6) is 0 Å². The average molecular weight is 137 g/mol. The lowest BCUT2D eigenvalue weighted by Gasteiger charge is -2.13. The molecule has 0 aliphatic rings. The number of nitrogens with zero attached hydrogens (tertiary/aromatic N) is 1. The van der Waals surface area contributed by atoms with Gasteiger partial charge in [0, 0.05) is 11.5 Å². The number of rotatable bonds is 2. The molecule has 0 N–H and O–H groups in total. The molecule has 2 nitrogen and oxygen atoms in total. The van der Waals surface area contributed by atoms with Crippen LogP contribution in [0.3, 0.4) is 0 Å². The molecule has 0 aliphatic carbocycles. The number of hydrogen-bond donors (Lipinski definition) is 0. The Labute approximate surface area is 61.2 Å². The summed E-state index contributed by atoms with van der Waals surface area (Å²) in [7, 11) is 0. The molecule has 0 saturated carbocycles. The molecule has 0 aliphatic heterocycles. The Hall–Kier alpha value is -1.10. The van der Waals surface area contributed by atoms with Crippen LogP contribution in [0.2, 0.25) is 0 Å². The highest BCUT2D eigenvalue weighted by Gasteiger charge is 2.18. The molecular formula is C8H11NO. The summed E-state index contributed by atoms with van der Waals surface area (Å²) in [4.78, 5) is 10.8. The average Bonchev–Trinajstić information content (AvgIpc) is 1.84. The van der Waals surface area contributed by atoms with Crippen LogP contribution >= 0.6 is 0 Å². The van der Waals surface area contributed by atoms with E-state index in [2.05, 4.69) is 0 Å². The number of ketones is 1. The molecular weight excluding hydrogens is 126 g/mol. The Balaban J connectivity index is 4.30. The molecule has 0 saturated heterocycles. The minimum absolute atomic E-state index is 0.0685. The summed E-state index contributed by atoms with van der Waals surface area (Å²) in [5.74, 6) is 0.0685. The Morgan fingerprint density at radius 2 is 2.10 bits per heavy atom. The lowest BCUT2D eigenvalue weighted by Crippen LogP contribution is -2.17. The van der Waals surface area contributed by atoms with E-state index in [1.807, 2.05) is 6.07 Å². The first-order valence-electron chi connectivity index (χ1n) is 3.09. The van der Waals surface area contributed by atoms with Crippen LogP contribution in [-0.4, -0.2) is 5.78 Å². The van der Waals surface area contributed by atoms with Gasteiger partial charge in [0.05, 0.1) is 6.07 Å². The van der Waals surface area contributed by atoms with E-state index in [4.69, 9.17) is 5.26 Å². The molecule has 0 rings (SSSR count). The van der Waals surface area contributed by atoms with E-state index in [1.54, 1.807) is 19.9 Å². The smallest absolute Gasteiger partial charge is 0.139 e. The largest absolute Gasteiger partial charge is 0.299 e. The van der Waals surface area contributed by atoms with Crippen molar-refractivity contribution in [2.24, 2.45) is 5.41 Å². The topological polar surface area (TPSA) is 40.9 Å². The zero-order chi connectivity index (χ0) is 8.20. The summed E-state index contributed by atoms with van der Waals surface area (Å²) in [6.07, 6.45) is 2.94. The summed E-state index contributed by atoms with van der Waals surface area (Å²) >= 11 is 0. The van der Waals surface area contributed by atoms with Crippen LogP contribution in [0.4, 0.5) is 0 Å². The number of hydrogen-bond acceptors (Lipinski definition) is 2. The minimum atomic E-state index is -0.490. The van der Waals surface area contributed by atoms with Crippen LogP contribution in [-0.2, 0) is 4.79 Å². The van der Waals surface area contributed by atoms with Gasteiger partial charge >= 0.3 is 0 Å². The van der Waals surface area contributed by atoms with E-state index in [9.17, 15) is 4.79 Å². The maximum atomic E-state index is 10.8. The fraction of sp³-hybridized carbons (Fsp3) is 0.500. The molecule has 0 aromatic carbocycles. The van der Waals surface area contributed by atoms with E-state index in [0.29, 0.717) is 0 Å². The Bertz CT molecular complexity index is 196. The van der Waals surface area contributed by atoms with Gasteiger partial charge in [0.1, 0.15) is 5.78 Å². The maximum Gasteiger partial charge on any atom is 0.139 e. The number of nitriles is 1. The summed E-state index contributed by atoms with van der Waals surface area (Å²) in [6.45, 7) is 5.08. The highest BCUT2D eigenvalue weighted by molar-refractivity contribution is 5.83. The predicted octanol–water partition coefficient (Wildman–Crippen LogP) is 1.68. The minimum Gasteiger partial charge on any atom is -0.299 e. The first-order valence-corrected chi connectivity index (χ1v) is 3.09. The van der Waals surface area contributed by atoms with Crippen LogP contribution in [0.25, 0.3) is 0 Å². The van der Waals surface area contributed by atoms with Crippen LogP contribution in [0, 0.1) is 16.7 Å². The van der Waals surface area contributed by atoms with Crippen molar-refractivity contribution in [3.05, 3.63) is 12.2 Å². The van der Waals surface area contributed by atoms with Crippen molar-refractivity contribution in [1.29, 1.82) is 5.26 Å². The second-order valence-corrected chi connectivity index (χ2v) is 2.74. The molecule has 0 bridgehead atoms.